The van der Waals surface area contributed by atoms with E-state index in [1.807, 2.05) is 18.2 Å². The van der Waals surface area contributed by atoms with Crippen LogP contribution in [-0.2, 0) is 0 Å². The lowest BCUT2D eigenvalue weighted by Crippen LogP contribution is -3.00. The number of ether oxygens (including phenoxy) is 1. The quantitative estimate of drug-likeness (QED) is 0.266. The lowest BCUT2D eigenvalue weighted by Gasteiger charge is -2.24. The summed E-state index contributed by atoms with van der Waals surface area (Å²) < 4.78 is 5.91. The summed E-state index contributed by atoms with van der Waals surface area (Å²) in [5.74, 6) is 3.27. The van der Waals surface area contributed by atoms with Crippen molar-refractivity contribution in [3.63, 3.8) is 0 Å². The second-order valence-corrected chi connectivity index (χ2v) is 10.5. The van der Waals surface area contributed by atoms with Gasteiger partial charge in [0, 0.05) is 5.56 Å². The first-order valence-corrected chi connectivity index (χ1v) is 12.3. The molecule has 0 fully saturated rings. The molecule has 1 nitrogen and oxygen atoms in total. The van der Waals surface area contributed by atoms with E-state index in [-0.39, 0.29) is 17.0 Å². The third-order valence-corrected chi connectivity index (χ3v) is 9.18. The number of hydrogen-bond acceptors (Lipinski definition) is 1. The van der Waals surface area contributed by atoms with Gasteiger partial charge in [0.25, 0.3) is 0 Å². The van der Waals surface area contributed by atoms with Crippen LogP contribution in [0.4, 0.5) is 0 Å². The van der Waals surface area contributed by atoms with Crippen molar-refractivity contribution < 1.29 is 21.7 Å². The van der Waals surface area contributed by atoms with Crippen LogP contribution in [0, 0.1) is 0 Å². The van der Waals surface area contributed by atoms with E-state index in [1.165, 1.54) is 15.9 Å². The zero-order valence-electron chi connectivity index (χ0n) is 17.8. The van der Waals surface area contributed by atoms with Crippen molar-refractivity contribution in [3.05, 3.63) is 139 Å². The fourth-order valence-electron chi connectivity index (χ4n) is 3.79. The van der Waals surface area contributed by atoms with Gasteiger partial charge in [0.15, 0.2) is 0 Å². The van der Waals surface area contributed by atoms with Gasteiger partial charge in [0.2, 0.25) is 0 Å². The number of rotatable bonds is 8. The van der Waals surface area contributed by atoms with Gasteiger partial charge in [0.1, 0.15) is 35.5 Å². The Labute approximate surface area is 202 Å². The first-order chi connectivity index (χ1) is 15.3. The molecule has 0 aliphatic heterocycles. The maximum atomic E-state index is 5.91. The molecule has 4 aromatic rings. The van der Waals surface area contributed by atoms with E-state index in [1.54, 1.807) is 6.08 Å². The van der Waals surface area contributed by atoms with Crippen LogP contribution in [0.3, 0.4) is 0 Å². The molecule has 32 heavy (non-hydrogen) atoms. The molecular weight excluding hydrogens is 475 g/mol. The average molecular weight is 501 g/mol. The normalized spacial score (nSPS) is 11.0. The van der Waals surface area contributed by atoms with E-state index in [4.69, 9.17) is 4.74 Å². The van der Waals surface area contributed by atoms with Gasteiger partial charge < -0.3 is 21.7 Å². The van der Waals surface area contributed by atoms with Crippen LogP contribution in [0.15, 0.2) is 134 Å². The van der Waals surface area contributed by atoms with E-state index >= 15 is 0 Å². The van der Waals surface area contributed by atoms with Crippen LogP contribution in [0.1, 0.15) is 5.56 Å². The molecule has 4 rings (SSSR count). The first-order valence-electron chi connectivity index (χ1n) is 10.4. The van der Waals surface area contributed by atoms with Gasteiger partial charge in [0.05, 0.1) is 5.82 Å². The Bertz CT molecular complexity index is 1040. The summed E-state index contributed by atoms with van der Waals surface area (Å²) in [5.41, 5.74) is 1.07. The lowest BCUT2D eigenvalue weighted by molar-refractivity contribution is -0.00000632. The molecule has 0 aliphatic rings. The van der Waals surface area contributed by atoms with Crippen LogP contribution in [-0.4, -0.2) is 6.61 Å². The van der Waals surface area contributed by atoms with Crippen molar-refractivity contribution >= 4 is 29.3 Å². The maximum absolute atomic E-state index is 5.91. The highest BCUT2D eigenvalue weighted by molar-refractivity contribution is 7.98. The second-order valence-electron chi connectivity index (χ2n) is 7.18. The zero-order valence-corrected chi connectivity index (χ0v) is 20.3. The summed E-state index contributed by atoms with van der Waals surface area (Å²) in [6.07, 6.45) is 3.99. The van der Waals surface area contributed by atoms with Crippen LogP contribution in [0.25, 0.3) is 6.08 Å². The molecule has 0 spiro atoms. The fourth-order valence-corrected chi connectivity index (χ4v) is 7.51. The van der Waals surface area contributed by atoms with Crippen molar-refractivity contribution in [1.29, 1.82) is 0 Å². The van der Waals surface area contributed by atoms with Crippen molar-refractivity contribution in [3.8, 4) is 5.75 Å². The largest absolute Gasteiger partial charge is 1.00 e. The molecule has 3 heteroatoms. The zero-order chi connectivity index (χ0) is 21.4. The molecule has 0 aromatic heterocycles. The van der Waals surface area contributed by atoms with Gasteiger partial charge in [-0.25, -0.2) is 0 Å². The first kappa shape index (κ1) is 23.7. The highest BCUT2D eigenvalue weighted by Crippen LogP contribution is 2.57. The van der Waals surface area contributed by atoms with Gasteiger partial charge in [-0.05, 0) is 48.5 Å². The van der Waals surface area contributed by atoms with Crippen molar-refractivity contribution in [2.75, 3.05) is 6.61 Å². The number of hydrogen-bond donors (Lipinski definition) is 0. The van der Waals surface area contributed by atoms with Gasteiger partial charge in [-0.3, -0.25) is 0 Å². The van der Waals surface area contributed by atoms with Crippen LogP contribution in [0.2, 0.25) is 0 Å². The van der Waals surface area contributed by atoms with Gasteiger partial charge in [-0.15, -0.1) is 0 Å². The van der Waals surface area contributed by atoms with Crippen LogP contribution < -0.4 is 37.6 Å². The molecule has 0 aliphatic carbocycles. The van der Waals surface area contributed by atoms with E-state index in [2.05, 4.69) is 116 Å². The molecule has 160 valence electrons. The summed E-state index contributed by atoms with van der Waals surface area (Å²) in [6, 6.07) is 40.7. The van der Waals surface area contributed by atoms with E-state index in [9.17, 15) is 0 Å². The van der Waals surface area contributed by atoms with Crippen molar-refractivity contribution in [1.82, 2.24) is 0 Å². The van der Waals surface area contributed by atoms with E-state index < -0.39 is 7.26 Å². The highest BCUT2D eigenvalue weighted by atomic mass is 79.9. The molecule has 0 heterocycles. The molecule has 4 aromatic carbocycles. The molecule has 0 atom stereocenters. The number of benzene rings is 4. The summed E-state index contributed by atoms with van der Waals surface area (Å²) in [5, 5.41) is 3.98. The van der Waals surface area contributed by atoms with Gasteiger partial charge in [-0.1, -0.05) is 85.5 Å². The summed E-state index contributed by atoms with van der Waals surface area (Å²) in [4.78, 5) is 0. The van der Waals surface area contributed by atoms with E-state index in [0.29, 0.717) is 6.61 Å². The lowest BCUT2D eigenvalue weighted by atomic mass is 10.2. The molecule has 0 saturated carbocycles. The summed E-state index contributed by atoms with van der Waals surface area (Å²) >= 11 is 0. The summed E-state index contributed by atoms with van der Waals surface area (Å²) in [6.45, 7) is 4.26. The van der Waals surface area contributed by atoms with Gasteiger partial charge >= 0.3 is 0 Å². The van der Waals surface area contributed by atoms with Gasteiger partial charge in [-0.2, -0.15) is 0 Å². The molecule has 0 N–H and O–H groups in total. The predicted molar refractivity (Wildman–Crippen MR) is 136 cm³/mol. The molecule has 0 saturated heterocycles. The third-order valence-electron chi connectivity index (χ3n) is 5.24. The number of para-hydroxylation sites is 1. The SMILES string of the molecule is C=CCOc1ccccc1/C=C/[P+](c1ccccc1)(c1ccccc1)c1ccccc1.[Br-]. The molecular formula is C29H26BrOP. The van der Waals surface area contributed by atoms with E-state index in [0.717, 1.165) is 11.3 Å². The second kappa shape index (κ2) is 11.6. The smallest absolute Gasteiger partial charge is 0.136 e. The molecule has 0 bridgehead atoms. The average Bonchev–Trinajstić information content (AvgIpc) is 2.86. The van der Waals surface area contributed by atoms with Crippen LogP contribution in [0.5, 0.6) is 5.75 Å². The topological polar surface area (TPSA) is 9.23 Å². The minimum absolute atomic E-state index is 0. The van der Waals surface area contributed by atoms with Crippen LogP contribution >= 0.6 is 7.26 Å². The van der Waals surface area contributed by atoms with Crippen molar-refractivity contribution in [2.45, 2.75) is 0 Å². The molecule has 0 amide bonds. The molecule has 0 unspecified atom stereocenters. The Morgan fingerprint density at radius 2 is 1.06 bits per heavy atom. The maximum Gasteiger partial charge on any atom is 0.136 e. The fraction of sp³-hybridized carbons (Fsp3) is 0.0345. The number of halogens is 1. The summed E-state index contributed by atoms with van der Waals surface area (Å²) in [7, 11) is -2.02. The standard InChI is InChI=1S/C29H26OP.BrH/c1-2-23-30-29-21-13-12-14-25(29)22-24-31(26-15-6-3-7-16-26,27-17-8-4-9-18-27)28-19-10-5-11-20-28;/h2-22,24H,1,23H2;1H/q+1;/p-1/b24-22+;. The minimum atomic E-state index is -2.02. The minimum Gasteiger partial charge on any atom is -1.00 e. The Hall–Kier alpha value is -2.93. The van der Waals surface area contributed by atoms with Crippen molar-refractivity contribution in [2.24, 2.45) is 0 Å². The third kappa shape index (κ3) is 5.10. The predicted octanol–water partition coefficient (Wildman–Crippen LogP) is 3.22. The Morgan fingerprint density at radius 1 is 0.625 bits per heavy atom. The monoisotopic (exact) mass is 500 g/mol. The Kier molecular flexibility index (Phi) is 8.62. The molecule has 0 radical (unpaired) electrons. The Morgan fingerprint density at radius 3 is 1.53 bits per heavy atom. The Balaban J connectivity index is 0.00000289. The highest BCUT2D eigenvalue weighted by Gasteiger charge is 2.43.